The predicted octanol–water partition coefficient (Wildman–Crippen LogP) is -0.306. The number of piperidine rings is 1. The summed E-state index contributed by atoms with van der Waals surface area (Å²) in [4.78, 5) is 30.1. The summed E-state index contributed by atoms with van der Waals surface area (Å²) < 4.78 is 0. The van der Waals surface area contributed by atoms with E-state index in [2.05, 4.69) is 20.6 Å². The van der Waals surface area contributed by atoms with Gasteiger partial charge in [0.2, 0.25) is 11.8 Å². The number of rotatable bonds is 2. The van der Waals surface area contributed by atoms with Crippen LogP contribution in [0.5, 0.6) is 0 Å². The summed E-state index contributed by atoms with van der Waals surface area (Å²) in [7, 11) is 0. The number of aromatic nitrogens is 2. The van der Waals surface area contributed by atoms with E-state index in [0.29, 0.717) is 18.7 Å². The zero-order valence-electron chi connectivity index (χ0n) is 7.93. The lowest BCUT2D eigenvalue weighted by Crippen LogP contribution is -2.47. The first-order chi connectivity index (χ1) is 7.25. The van der Waals surface area contributed by atoms with Gasteiger partial charge in [0.25, 0.3) is 0 Å². The van der Waals surface area contributed by atoms with E-state index in [4.69, 9.17) is 0 Å². The zero-order valence-corrected chi connectivity index (χ0v) is 7.93. The van der Waals surface area contributed by atoms with Crippen LogP contribution in [0.2, 0.25) is 0 Å². The van der Waals surface area contributed by atoms with Crippen molar-refractivity contribution in [3.8, 4) is 0 Å². The van der Waals surface area contributed by atoms with Gasteiger partial charge in [-0.3, -0.25) is 19.9 Å². The Hall–Kier alpha value is -1.98. The lowest BCUT2D eigenvalue weighted by Gasteiger charge is -2.21. The van der Waals surface area contributed by atoms with E-state index < -0.39 is 6.04 Å². The molecule has 1 unspecified atom stereocenters. The van der Waals surface area contributed by atoms with Crippen LogP contribution in [-0.4, -0.2) is 27.8 Å². The van der Waals surface area contributed by atoms with Gasteiger partial charge in [-0.2, -0.15) is 0 Å². The van der Waals surface area contributed by atoms with Crippen molar-refractivity contribution in [3.05, 3.63) is 18.6 Å². The van der Waals surface area contributed by atoms with Gasteiger partial charge >= 0.3 is 0 Å². The first-order valence-electron chi connectivity index (χ1n) is 4.62. The molecule has 1 aliphatic heterocycles. The quantitative estimate of drug-likeness (QED) is 0.649. The third kappa shape index (κ3) is 2.28. The van der Waals surface area contributed by atoms with Crippen LogP contribution in [-0.2, 0) is 9.59 Å². The van der Waals surface area contributed by atoms with Gasteiger partial charge in [0, 0.05) is 18.8 Å². The van der Waals surface area contributed by atoms with E-state index >= 15 is 0 Å². The summed E-state index contributed by atoms with van der Waals surface area (Å²) in [5, 5.41) is 5.17. The predicted molar refractivity (Wildman–Crippen MR) is 51.8 cm³/mol. The van der Waals surface area contributed by atoms with Crippen molar-refractivity contribution in [3.63, 3.8) is 0 Å². The second-order valence-electron chi connectivity index (χ2n) is 3.24. The molecule has 2 amide bonds. The molecule has 1 aromatic rings. The van der Waals surface area contributed by atoms with Crippen LogP contribution in [0.4, 0.5) is 5.82 Å². The van der Waals surface area contributed by atoms with Crippen LogP contribution >= 0.6 is 0 Å². The van der Waals surface area contributed by atoms with Gasteiger partial charge in [-0.25, -0.2) is 4.98 Å². The van der Waals surface area contributed by atoms with E-state index in [9.17, 15) is 9.59 Å². The lowest BCUT2D eigenvalue weighted by atomic mass is 10.1. The largest absolute Gasteiger partial charge is 0.357 e. The minimum atomic E-state index is -0.403. The Labute approximate surface area is 86.1 Å². The SMILES string of the molecule is O=C1CCC(Nc2cnccn2)C(=O)N1. The molecule has 78 valence electrons. The van der Waals surface area contributed by atoms with Crippen LogP contribution in [0.1, 0.15) is 12.8 Å². The van der Waals surface area contributed by atoms with Gasteiger partial charge in [0.15, 0.2) is 0 Å². The maximum absolute atomic E-state index is 11.4. The molecule has 1 saturated heterocycles. The zero-order chi connectivity index (χ0) is 10.7. The van der Waals surface area contributed by atoms with Crippen LogP contribution in [0, 0.1) is 0 Å². The maximum atomic E-state index is 11.4. The average Bonchev–Trinajstić information content (AvgIpc) is 2.24. The van der Waals surface area contributed by atoms with E-state index in [1.54, 1.807) is 6.20 Å². The monoisotopic (exact) mass is 206 g/mol. The van der Waals surface area contributed by atoms with Crippen LogP contribution in [0.15, 0.2) is 18.6 Å². The normalized spacial score (nSPS) is 20.9. The Morgan fingerprint density at radius 3 is 2.93 bits per heavy atom. The molecule has 0 saturated carbocycles. The standard InChI is InChI=1S/C9H10N4O2/c14-8-2-1-6(9(15)13-8)12-7-5-10-3-4-11-7/h3-6H,1-2H2,(H,11,12)(H,13,14,15). The Bertz CT molecular complexity index is 379. The van der Waals surface area contributed by atoms with Gasteiger partial charge < -0.3 is 5.32 Å². The molecular formula is C9H10N4O2. The summed E-state index contributed by atoms with van der Waals surface area (Å²) in [6, 6.07) is -0.403. The fourth-order valence-electron chi connectivity index (χ4n) is 1.38. The van der Waals surface area contributed by atoms with Gasteiger partial charge in [-0.05, 0) is 6.42 Å². The summed E-state index contributed by atoms with van der Waals surface area (Å²) in [5.41, 5.74) is 0. The number of carbonyl (C=O) groups is 2. The maximum Gasteiger partial charge on any atom is 0.249 e. The molecule has 6 heteroatoms. The molecule has 0 bridgehead atoms. The number of nitrogens with one attached hydrogen (secondary N) is 2. The number of amides is 2. The fourth-order valence-corrected chi connectivity index (χ4v) is 1.38. The van der Waals surface area contributed by atoms with Crippen molar-refractivity contribution in [2.45, 2.75) is 18.9 Å². The molecule has 2 N–H and O–H groups in total. The first kappa shape index (κ1) is 9.57. The van der Waals surface area contributed by atoms with E-state index in [-0.39, 0.29) is 11.8 Å². The number of nitrogens with zero attached hydrogens (tertiary/aromatic N) is 2. The second kappa shape index (κ2) is 4.04. The van der Waals surface area contributed by atoms with E-state index in [0.717, 1.165) is 0 Å². The van der Waals surface area contributed by atoms with Crippen molar-refractivity contribution in [2.75, 3.05) is 5.32 Å². The van der Waals surface area contributed by atoms with Crippen molar-refractivity contribution in [1.82, 2.24) is 15.3 Å². The van der Waals surface area contributed by atoms with Crippen molar-refractivity contribution in [1.29, 1.82) is 0 Å². The first-order valence-corrected chi connectivity index (χ1v) is 4.62. The summed E-state index contributed by atoms with van der Waals surface area (Å²) in [5.74, 6) is 0.00102. The Morgan fingerprint density at radius 1 is 1.40 bits per heavy atom. The molecule has 2 heterocycles. The van der Waals surface area contributed by atoms with Crippen LogP contribution in [0.3, 0.4) is 0 Å². The summed E-state index contributed by atoms with van der Waals surface area (Å²) in [6.45, 7) is 0. The third-order valence-corrected chi connectivity index (χ3v) is 2.12. The molecule has 0 spiro atoms. The number of hydrogen-bond acceptors (Lipinski definition) is 5. The molecule has 15 heavy (non-hydrogen) atoms. The van der Waals surface area contributed by atoms with Crippen LogP contribution < -0.4 is 10.6 Å². The Morgan fingerprint density at radius 2 is 2.27 bits per heavy atom. The molecule has 0 aromatic carbocycles. The van der Waals surface area contributed by atoms with Gasteiger partial charge in [0.05, 0.1) is 6.20 Å². The Balaban J connectivity index is 2.01. The molecule has 1 aromatic heterocycles. The van der Waals surface area contributed by atoms with Gasteiger partial charge in [-0.15, -0.1) is 0 Å². The molecule has 6 nitrogen and oxygen atoms in total. The molecule has 2 rings (SSSR count). The number of anilines is 1. The highest BCUT2D eigenvalue weighted by atomic mass is 16.2. The highest BCUT2D eigenvalue weighted by Gasteiger charge is 2.26. The molecule has 0 radical (unpaired) electrons. The lowest BCUT2D eigenvalue weighted by molar-refractivity contribution is -0.133. The smallest absolute Gasteiger partial charge is 0.249 e. The van der Waals surface area contributed by atoms with Crippen LogP contribution in [0.25, 0.3) is 0 Å². The van der Waals surface area contributed by atoms with Crippen molar-refractivity contribution in [2.24, 2.45) is 0 Å². The third-order valence-electron chi connectivity index (χ3n) is 2.12. The van der Waals surface area contributed by atoms with Crippen molar-refractivity contribution < 1.29 is 9.59 Å². The van der Waals surface area contributed by atoms with Gasteiger partial charge in [-0.1, -0.05) is 0 Å². The highest BCUT2D eigenvalue weighted by molar-refractivity contribution is 6.01. The fraction of sp³-hybridized carbons (Fsp3) is 0.333. The molecule has 1 fully saturated rings. The minimum Gasteiger partial charge on any atom is -0.357 e. The molecule has 1 aliphatic rings. The number of imide groups is 1. The molecule has 0 aliphatic carbocycles. The van der Waals surface area contributed by atoms with E-state index in [1.807, 2.05) is 0 Å². The number of hydrogen-bond donors (Lipinski definition) is 2. The second-order valence-corrected chi connectivity index (χ2v) is 3.24. The summed E-state index contributed by atoms with van der Waals surface area (Å²) in [6.07, 6.45) is 5.46. The molecule has 1 atom stereocenters. The van der Waals surface area contributed by atoms with Crippen molar-refractivity contribution >= 4 is 17.6 Å². The summed E-state index contributed by atoms with van der Waals surface area (Å²) >= 11 is 0. The van der Waals surface area contributed by atoms with E-state index in [1.165, 1.54) is 12.4 Å². The minimum absolute atomic E-state index is 0.225. The number of carbonyl (C=O) groups excluding carboxylic acids is 2. The Kier molecular flexibility index (Phi) is 2.57. The van der Waals surface area contributed by atoms with Gasteiger partial charge in [0.1, 0.15) is 11.9 Å². The molecular weight excluding hydrogens is 196 g/mol. The average molecular weight is 206 g/mol. The highest BCUT2D eigenvalue weighted by Crippen LogP contribution is 2.09. The topological polar surface area (TPSA) is 84.0 Å².